The van der Waals surface area contributed by atoms with E-state index in [4.69, 9.17) is 0 Å². The summed E-state index contributed by atoms with van der Waals surface area (Å²) < 4.78 is 0. The molecule has 0 heterocycles. The van der Waals surface area contributed by atoms with Gasteiger partial charge in [-0.05, 0) is 0 Å². The third-order valence-corrected chi connectivity index (χ3v) is 3.19. The van der Waals surface area contributed by atoms with E-state index in [-0.39, 0.29) is 32.7 Å². The zero-order chi connectivity index (χ0) is 12.9. The van der Waals surface area contributed by atoms with Crippen molar-refractivity contribution in [1.82, 2.24) is 0 Å². The number of benzene rings is 3. The van der Waals surface area contributed by atoms with Crippen LogP contribution in [0.4, 0.5) is 0 Å². The molecule has 20 heavy (non-hydrogen) atoms. The van der Waals surface area contributed by atoms with E-state index in [1.807, 2.05) is 0 Å². The average Bonchev–Trinajstić information content (AvgIpc) is 2.51. The molecule has 0 aliphatic carbocycles. The summed E-state index contributed by atoms with van der Waals surface area (Å²) in [5.74, 6) is 1.28. The van der Waals surface area contributed by atoms with Gasteiger partial charge in [0.05, 0.1) is 0 Å². The van der Waals surface area contributed by atoms with Crippen molar-refractivity contribution in [3.63, 3.8) is 0 Å². The molecule has 0 nitrogen and oxygen atoms in total. The number of hydrogen-bond donors (Lipinski definition) is 0. The van der Waals surface area contributed by atoms with Crippen LogP contribution < -0.4 is 0 Å². The van der Waals surface area contributed by atoms with Gasteiger partial charge < -0.3 is 0 Å². The van der Waals surface area contributed by atoms with Crippen LogP contribution in [-0.2, 0) is 32.7 Å². The Morgan fingerprint density at radius 3 is 0.900 bits per heavy atom. The maximum Gasteiger partial charge on any atom is 0 e. The largest absolute Gasteiger partial charge is 0.0999 e. The molecule has 0 unspecified atom stereocenters. The Balaban J connectivity index is 0.00000147. The Labute approximate surface area is 145 Å². The zero-order valence-electron chi connectivity index (χ0n) is 11.2. The second-order valence-corrected chi connectivity index (χ2v) is 4.47. The van der Waals surface area contributed by atoms with Crippen molar-refractivity contribution in [2.75, 3.05) is 0 Å². The van der Waals surface area contributed by atoms with Crippen LogP contribution >= 0.6 is 0 Å². The molecule has 0 N–H and O–H groups in total. The number of hydrogen-bond acceptors (Lipinski definition) is 0. The first-order valence-electron chi connectivity index (χ1n) is 6.48. The van der Waals surface area contributed by atoms with E-state index in [9.17, 15) is 0 Å². The summed E-state index contributed by atoms with van der Waals surface area (Å²) >= 11 is 0. The summed E-state index contributed by atoms with van der Waals surface area (Å²) in [5, 5.41) is 0. The summed E-state index contributed by atoms with van der Waals surface area (Å²) in [4.78, 5) is 0. The van der Waals surface area contributed by atoms with Crippen molar-refractivity contribution in [3.8, 4) is 0 Å². The minimum atomic E-state index is 0. The molecule has 0 aliphatic heterocycles. The Kier molecular flexibility index (Phi) is 5.58. The molecular formula is C19H15Y-. The second kappa shape index (κ2) is 7.43. The van der Waals surface area contributed by atoms with E-state index in [1.54, 1.807) is 0 Å². The average molecular weight is 332 g/mol. The first-order valence-corrected chi connectivity index (χ1v) is 6.48. The molecule has 3 aromatic rings. The predicted octanol–water partition coefficient (Wildman–Crippen LogP) is 4.70. The quantitative estimate of drug-likeness (QED) is 0.482. The molecule has 95 valence electrons. The Morgan fingerprint density at radius 2 is 0.650 bits per heavy atom. The third-order valence-electron chi connectivity index (χ3n) is 3.19. The number of rotatable bonds is 3. The fourth-order valence-electron chi connectivity index (χ4n) is 2.31. The van der Waals surface area contributed by atoms with Crippen molar-refractivity contribution < 1.29 is 32.7 Å². The topological polar surface area (TPSA) is 0 Å². The van der Waals surface area contributed by atoms with Crippen LogP contribution in [0, 0.1) is 5.92 Å². The molecule has 0 spiro atoms. The van der Waals surface area contributed by atoms with Gasteiger partial charge >= 0.3 is 0 Å². The van der Waals surface area contributed by atoms with Crippen molar-refractivity contribution in [2.45, 2.75) is 0 Å². The molecule has 3 aromatic carbocycles. The summed E-state index contributed by atoms with van der Waals surface area (Å²) in [7, 11) is 0. The summed E-state index contributed by atoms with van der Waals surface area (Å²) in [6.45, 7) is 0. The van der Waals surface area contributed by atoms with E-state index < -0.39 is 0 Å². The van der Waals surface area contributed by atoms with Crippen molar-refractivity contribution in [1.29, 1.82) is 0 Å². The maximum atomic E-state index is 2.16. The monoisotopic (exact) mass is 332 g/mol. The molecule has 0 aromatic heterocycles. The van der Waals surface area contributed by atoms with E-state index in [0.717, 1.165) is 0 Å². The van der Waals surface area contributed by atoms with Crippen LogP contribution in [0.1, 0.15) is 16.7 Å². The van der Waals surface area contributed by atoms with Crippen LogP contribution in [0.25, 0.3) is 0 Å². The van der Waals surface area contributed by atoms with Gasteiger partial charge in [0, 0.05) is 32.7 Å². The van der Waals surface area contributed by atoms with Crippen molar-refractivity contribution >= 4 is 0 Å². The van der Waals surface area contributed by atoms with Gasteiger partial charge in [0.1, 0.15) is 0 Å². The summed E-state index contributed by atoms with van der Waals surface area (Å²) in [6.07, 6.45) is 0. The SMILES string of the molecule is [Y].c1ccc([C-](c2ccccc2)c2ccccc2)cc1. The molecule has 0 amide bonds. The molecule has 1 heteroatoms. The zero-order valence-corrected chi connectivity index (χ0v) is 14.1. The standard InChI is InChI=1S/C19H15.Y/c1-4-10-16(11-5-1)19(17-12-6-2-7-13-17)18-14-8-3-9-15-18;/h1-15H;/q-1;. The van der Waals surface area contributed by atoms with Gasteiger partial charge in [-0.25, -0.2) is 0 Å². The molecular weight excluding hydrogens is 317 g/mol. The van der Waals surface area contributed by atoms with Gasteiger partial charge in [0.2, 0.25) is 0 Å². The van der Waals surface area contributed by atoms with Crippen molar-refractivity contribution in [2.24, 2.45) is 0 Å². The molecule has 0 aliphatic rings. The summed E-state index contributed by atoms with van der Waals surface area (Å²) in [6, 6.07) is 31.6. The Hall–Kier alpha value is -1.37. The van der Waals surface area contributed by atoms with Crippen molar-refractivity contribution in [3.05, 3.63) is 114 Å². The van der Waals surface area contributed by atoms with Gasteiger partial charge in [-0.2, -0.15) is 0 Å². The minimum Gasteiger partial charge on any atom is -0.0999 e. The van der Waals surface area contributed by atoms with Gasteiger partial charge in [-0.1, -0.05) is 114 Å². The third kappa shape index (κ3) is 3.39. The molecule has 0 saturated carbocycles. The molecule has 3 rings (SSSR count). The molecule has 0 saturated heterocycles. The van der Waals surface area contributed by atoms with E-state index in [1.165, 1.54) is 22.6 Å². The first kappa shape index (κ1) is 15.0. The van der Waals surface area contributed by atoms with E-state index in [0.29, 0.717) is 0 Å². The Morgan fingerprint density at radius 1 is 0.400 bits per heavy atom. The molecule has 0 atom stereocenters. The van der Waals surface area contributed by atoms with Gasteiger partial charge in [-0.3, -0.25) is 0 Å². The van der Waals surface area contributed by atoms with Gasteiger partial charge in [-0.15, -0.1) is 0 Å². The fraction of sp³-hybridized carbons (Fsp3) is 0. The van der Waals surface area contributed by atoms with Crippen LogP contribution in [0.15, 0.2) is 91.0 Å². The van der Waals surface area contributed by atoms with Crippen LogP contribution in [0.5, 0.6) is 0 Å². The Bertz CT molecular complexity index is 524. The molecule has 1 radical (unpaired) electrons. The summed E-state index contributed by atoms with van der Waals surface area (Å²) in [5.41, 5.74) is 3.75. The fourth-order valence-corrected chi connectivity index (χ4v) is 2.31. The van der Waals surface area contributed by atoms with E-state index >= 15 is 0 Å². The predicted molar refractivity (Wildman–Crippen MR) is 79.9 cm³/mol. The van der Waals surface area contributed by atoms with Crippen LogP contribution in [0.3, 0.4) is 0 Å². The normalized spacial score (nSPS) is 9.60. The van der Waals surface area contributed by atoms with Gasteiger partial charge in [0.25, 0.3) is 0 Å². The molecule has 0 bridgehead atoms. The van der Waals surface area contributed by atoms with E-state index in [2.05, 4.69) is 91.0 Å². The van der Waals surface area contributed by atoms with Gasteiger partial charge in [0.15, 0.2) is 0 Å². The second-order valence-electron chi connectivity index (χ2n) is 4.47. The minimum absolute atomic E-state index is 0. The van der Waals surface area contributed by atoms with Crippen LogP contribution in [0.2, 0.25) is 0 Å². The molecule has 0 fully saturated rings. The first-order chi connectivity index (χ1) is 9.45. The smallest absolute Gasteiger partial charge is 0 e. The van der Waals surface area contributed by atoms with Crippen LogP contribution in [-0.4, -0.2) is 0 Å². The maximum absolute atomic E-state index is 2.16.